The lowest BCUT2D eigenvalue weighted by Crippen LogP contribution is -2.38. The van der Waals surface area contributed by atoms with Gasteiger partial charge in [-0.25, -0.2) is 17.1 Å². The predicted molar refractivity (Wildman–Crippen MR) is 49.8 cm³/mol. The fraction of sp³-hybridized carbons (Fsp3) is 1.00. The summed E-state index contributed by atoms with van der Waals surface area (Å²) in [6.45, 7) is 2.35. The molecule has 1 heterocycles. The standard InChI is InChI=1S/C8H16FNO2S/c1-8(9)4-6-10-5-2-3-7-13(10,11)12/h8H,2-7H2,1H3. The van der Waals surface area contributed by atoms with Crippen LogP contribution in [0.15, 0.2) is 0 Å². The summed E-state index contributed by atoms with van der Waals surface area (Å²) in [5.74, 6) is 0.230. The van der Waals surface area contributed by atoms with Crippen molar-refractivity contribution >= 4 is 10.0 Å². The summed E-state index contributed by atoms with van der Waals surface area (Å²) in [5.41, 5.74) is 0. The molecule has 0 aromatic heterocycles. The first-order valence-electron chi connectivity index (χ1n) is 4.64. The molecule has 0 saturated carbocycles. The number of halogens is 1. The third kappa shape index (κ3) is 3.23. The van der Waals surface area contributed by atoms with Gasteiger partial charge in [0, 0.05) is 13.1 Å². The summed E-state index contributed by atoms with van der Waals surface area (Å²) >= 11 is 0. The van der Waals surface area contributed by atoms with Gasteiger partial charge in [0.25, 0.3) is 0 Å². The van der Waals surface area contributed by atoms with E-state index in [0.717, 1.165) is 12.8 Å². The fourth-order valence-electron chi connectivity index (χ4n) is 1.41. The van der Waals surface area contributed by atoms with Gasteiger partial charge in [-0.1, -0.05) is 0 Å². The number of alkyl halides is 1. The second-order valence-corrected chi connectivity index (χ2v) is 5.58. The van der Waals surface area contributed by atoms with Gasteiger partial charge in [-0.05, 0) is 26.2 Å². The highest BCUT2D eigenvalue weighted by molar-refractivity contribution is 7.89. The largest absolute Gasteiger partial charge is 0.248 e. The summed E-state index contributed by atoms with van der Waals surface area (Å²) in [5, 5.41) is 0. The van der Waals surface area contributed by atoms with Gasteiger partial charge < -0.3 is 0 Å². The average molecular weight is 209 g/mol. The molecule has 1 saturated heterocycles. The van der Waals surface area contributed by atoms with Crippen LogP contribution in [0.25, 0.3) is 0 Å². The molecule has 1 aliphatic rings. The number of sulfonamides is 1. The zero-order valence-corrected chi connectivity index (χ0v) is 8.69. The SMILES string of the molecule is CC(F)CCN1CCCCS1(=O)=O. The Kier molecular flexibility index (Phi) is 3.67. The number of nitrogens with zero attached hydrogens (tertiary/aromatic N) is 1. The molecule has 3 nitrogen and oxygen atoms in total. The van der Waals surface area contributed by atoms with Gasteiger partial charge in [-0.2, -0.15) is 0 Å². The maximum absolute atomic E-state index is 12.5. The number of hydrogen-bond acceptors (Lipinski definition) is 2. The Morgan fingerprint density at radius 2 is 2.15 bits per heavy atom. The minimum Gasteiger partial charge on any atom is -0.248 e. The maximum Gasteiger partial charge on any atom is 0.214 e. The molecule has 0 amide bonds. The van der Waals surface area contributed by atoms with Crippen LogP contribution in [0.3, 0.4) is 0 Å². The molecule has 0 radical (unpaired) electrons. The lowest BCUT2D eigenvalue weighted by molar-refractivity contribution is 0.295. The summed E-state index contributed by atoms with van der Waals surface area (Å²) in [6.07, 6.45) is 1.03. The van der Waals surface area contributed by atoms with Crippen LogP contribution in [0.5, 0.6) is 0 Å². The van der Waals surface area contributed by atoms with E-state index in [0.29, 0.717) is 19.5 Å². The van der Waals surface area contributed by atoms with E-state index >= 15 is 0 Å². The van der Waals surface area contributed by atoms with Gasteiger partial charge in [0.2, 0.25) is 10.0 Å². The van der Waals surface area contributed by atoms with Crippen LogP contribution < -0.4 is 0 Å². The van der Waals surface area contributed by atoms with Crippen LogP contribution in [0.2, 0.25) is 0 Å². The molecular formula is C8H16FNO2S. The molecule has 0 aromatic carbocycles. The van der Waals surface area contributed by atoms with Crippen molar-refractivity contribution in [3.63, 3.8) is 0 Å². The topological polar surface area (TPSA) is 37.4 Å². The van der Waals surface area contributed by atoms with Gasteiger partial charge >= 0.3 is 0 Å². The van der Waals surface area contributed by atoms with Crippen molar-refractivity contribution in [1.29, 1.82) is 0 Å². The van der Waals surface area contributed by atoms with E-state index in [9.17, 15) is 12.8 Å². The van der Waals surface area contributed by atoms with Gasteiger partial charge in [-0.15, -0.1) is 0 Å². The van der Waals surface area contributed by atoms with Crippen LogP contribution in [-0.4, -0.2) is 37.7 Å². The van der Waals surface area contributed by atoms with Crippen molar-refractivity contribution in [3.05, 3.63) is 0 Å². The van der Waals surface area contributed by atoms with E-state index in [2.05, 4.69) is 0 Å². The van der Waals surface area contributed by atoms with Crippen LogP contribution in [0, 0.1) is 0 Å². The van der Waals surface area contributed by atoms with Gasteiger partial charge in [0.1, 0.15) is 0 Å². The van der Waals surface area contributed by atoms with Crippen molar-refractivity contribution in [3.8, 4) is 0 Å². The zero-order chi connectivity index (χ0) is 9.90. The molecule has 78 valence electrons. The average Bonchev–Trinajstić information content (AvgIpc) is 2.01. The molecule has 1 fully saturated rings. The molecule has 1 rings (SSSR count). The first kappa shape index (κ1) is 10.9. The lowest BCUT2D eigenvalue weighted by Gasteiger charge is -2.26. The van der Waals surface area contributed by atoms with Crippen LogP contribution in [-0.2, 0) is 10.0 Å². The minimum atomic E-state index is -3.05. The summed E-state index contributed by atoms with van der Waals surface area (Å²) < 4.78 is 36.7. The van der Waals surface area contributed by atoms with E-state index in [4.69, 9.17) is 0 Å². The van der Waals surface area contributed by atoms with E-state index in [1.54, 1.807) is 0 Å². The Labute approximate surface area is 79.0 Å². The van der Waals surface area contributed by atoms with Crippen molar-refractivity contribution in [2.24, 2.45) is 0 Å². The van der Waals surface area contributed by atoms with E-state index in [1.165, 1.54) is 11.2 Å². The zero-order valence-electron chi connectivity index (χ0n) is 7.87. The highest BCUT2D eigenvalue weighted by Gasteiger charge is 2.25. The quantitative estimate of drug-likeness (QED) is 0.699. The van der Waals surface area contributed by atoms with Crippen LogP contribution in [0.4, 0.5) is 4.39 Å². The summed E-state index contributed by atoms with van der Waals surface area (Å²) in [7, 11) is -3.05. The molecular weight excluding hydrogens is 193 g/mol. The van der Waals surface area contributed by atoms with E-state index in [-0.39, 0.29) is 5.75 Å². The number of rotatable bonds is 3. The first-order valence-corrected chi connectivity index (χ1v) is 6.25. The Balaban J connectivity index is 2.47. The summed E-state index contributed by atoms with van der Waals surface area (Å²) in [4.78, 5) is 0. The Hall–Kier alpha value is -0.160. The van der Waals surface area contributed by atoms with Gasteiger partial charge in [-0.3, -0.25) is 0 Å². The molecule has 0 bridgehead atoms. The second-order valence-electron chi connectivity index (χ2n) is 3.49. The predicted octanol–water partition coefficient (Wildman–Crippen LogP) is 1.16. The molecule has 5 heteroatoms. The number of hydrogen-bond donors (Lipinski definition) is 0. The Morgan fingerprint density at radius 3 is 2.69 bits per heavy atom. The van der Waals surface area contributed by atoms with Crippen molar-refractivity contribution < 1.29 is 12.8 Å². The van der Waals surface area contributed by atoms with Crippen molar-refractivity contribution in [1.82, 2.24) is 4.31 Å². The molecule has 0 aromatic rings. The van der Waals surface area contributed by atoms with Gasteiger partial charge in [0.15, 0.2) is 0 Å². The molecule has 0 N–H and O–H groups in total. The lowest BCUT2D eigenvalue weighted by atomic mass is 10.3. The highest BCUT2D eigenvalue weighted by Crippen LogP contribution is 2.14. The highest BCUT2D eigenvalue weighted by atomic mass is 32.2. The molecule has 13 heavy (non-hydrogen) atoms. The fourth-order valence-corrected chi connectivity index (χ4v) is 3.03. The smallest absolute Gasteiger partial charge is 0.214 e. The monoisotopic (exact) mass is 209 g/mol. The first-order chi connectivity index (χ1) is 6.02. The summed E-state index contributed by atoms with van der Waals surface area (Å²) in [6, 6.07) is 0. The minimum absolute atomic E-state index is 0.230. The van der Waals surface area contributed by atoms with Gasteiger partial charge in [0.05, 0.1) is 11.9 Å². The maximum atomic E-state index is 12.5. The molecule has 1 aliphatic heterocycles. The molecule has 0 aliphatic carbocycles. The third-order valence-corrected chi connectivity index (χ3v) is 4.19. The molecule has 1 atom stereocenters. The van der Waals surface area contributed by atoms with E-state index in [1.807, 2.05) is 0 Å². The van der Waals surface area contributed by atoms with Crippen molar-refractivity contribution in [2.75, 3.05) is 18.8 Å². The second kappa shape index (κ2) is 4.37. The Bertz CT molecular complexity index is 251. The van der Waals surface area contributed by atoms with Crippen LogP contribution in [0.1, 0.15) is 26.2 Å². The molecule has 1 unspecified atom stereocenters. The third-order valence-electron chi connectivity index (χ3n) is 2.23. The molecule has 0 spiro atoms. The Morgan fingerprint density at radius 1 is 1.46 bits per heavy atom. The normalized spacial score (nSPS) is 25.7. The van der Waals surface area contributed by atoms with Crippen LogP contribution >= 0.6 is 0 Å². The van der Waals surface area contributed by atoms with Crippen molar-refractivity contribution in [2.45, 2.75) is 32.4 Å². The van der Waals surface area contributed by atoms with E-state index < -0.39 is 16.2 Å².